The summed E-state index contributed by atoms with van der Waals surface area (Å²) >= 11 is 0. The second-order valence-corrected chi connectivity index (χ2v) is 4.75. The molecule has 0 fully saturated rings. The molecule has 2 rings (SSSR count). The maximum atomic E-state index is 13.4. The van der Waals surface area contributed by atoms with E-state index >= 15 is 0 Å². The SMILES string of the molecule is OC(CCNCc1ccccc1F)c1ccc(F)c(F)c1. The first-order valence-electron chi connectivity index (χ1n) is 6.65. The number of hydrogen-bond donors (Lipinski definition) is 2. The average Bonchev–Trinajstić information content (AvgIpc) is 2.48. The van der Waals surface area contributed by atoms with Crippen molar-refractivity contribution in [2.24, 2.45) is 0 Å². The molecule has 0 saturated heterocycles. The molecule has 0 aliphatic carbocycles. The Hall–Kier alpha value is -1.85. The van der Waals surface area contributed by atoms with E-state index in [4.69, 9.17) is 0 Å². The van der Waals surface area contributed by atoms with Gasteiger partial charge in [0.15, 0.2) is 11.6 Å². The van der Waals surface area contributed by atoms with E-state index < -0.39 is 17.7 Å². The smallest absolute Gasteiger partial charge is 0.159 e. The van der Waals surface area contributed by atoms with Gasteiger partial charge in [0.05, 0.1) is 6.10 Å². The Balaban J connectivity index is 1.80. The van der Waals surface area contributed by atoms with Gasteiger partial charge in [-0.2, -0.15) is 0 Å². The Morgan fingerprint density at radius 1 is 0.952 bits per heavy atom. The predicted molar refractivity (Wildman–Crippen MR) is 74.0 cm³/mol. The van der Waals surface area contributed by atoms with Gasteiger partial charge in [-0.05, 0) is 36.7 Å². The van der Waals surface area contributed by atoms with Crippen molar-refractivity contribution in [3.8, 4) is 0 Å². The van der Waals surface area contributed by atoms with Crippen LogP contribution >= 0.6 is 0 Å². The van der Waals surface area contributed by atoms with Crippen molar-refractivity contribution < 1.29 is 18.3 Å². The number of halogens is 3. The van der Waals surface area contributed by atoms with E-state index in [2.05, 4.69) is 5.32 Å². The molecule has 21 heavy (non-hydrogen) atoms. The van der Waals surface area contributed by atoms with Crippen LogP contribution in [0, 0.1) is 17.5 Å². The number of nitrogens with one attached hydrogen (secondary N) is 1. The molecule has 0 aliphatic rings. The molecule has 2 aromatic rings. The Bertz CT molecular complexity index is 604. The molecule has 112 valence electrons. The van der Waals surface area contributed by atoms with E-state index in [9.17, 15) is 18.3 Å². The summed E-state index contributed by atoms with van der Waals surface area (Å²) in [6, 6.07) is 9.74. The minimum atomic E-state index is -0.981. The highest BCUT2D eigenvalue weighted by Gasteiger charge is 2.10. The van der Waals surface area contributed by atoms with Crippen LogP contribution in [0.5, 0.6) is 0 Å². The molecular weight excluding hydrogens is 279 g/mol. The van der Waals surface area contributed by atoms with Gasteiger partial charge in [0.1, 0.15) is 5.82 Å². The van der Waals surface area contributed by atoms with Crippen LogP contribution in [-0.4, -0.2) is 11.7 Å². The van der Waals surface area contributed by atoms with Gasteiger partial charge in [0, 0.05) is 12.1 Å². The fourth-order valence-corrected chi connectivity index (χ4v) is 1.99. The first-order chi connectivity index (χ1) is 10.1. The Labute approximate surface area is 121 Å². The molecule has 2 N–H and O–H groups in total. The molecule has 0 amide bonds. The van der Waals surface area contributed by atoms with Gasteiger partial charge in [-0.3, -0.25) is 0 Å². The van der Waals surface area contributed by atoms with Crippen LogP contribution in [0.3, 0.4) is 0 Å². The van der Waals surface area contributed by atoms with Gasteiger partial charge in [0.2, 0.25) is 0 Å². The lowest BCUT2D eigenvalue weighted by atomic mass is 10.1. The molecule has 0 aromatic heterocycles. The van der Waals surface area contributed by atoms with Gasteiger partial charge >= 0.3 is 0 Å². The maximum Gasteiger partial charge on any atom is 0.159 e. The monoisotopic (exact) mass is 295 g/mol. The van der Waals surface area contributed by atoms with Gasteiger partial charge < -0.3 is 10.4 Å². The van der Waals surface area contributed by atoms with E-state index in [1.807, 2.05) is 0 Å². The molecule has 1 unspecified atom stereocenters. The second-order valence-electron chi connectivity index (χ2n) is 4.75. The predicted octanol–water partition coefficient (Wildman–Crippen LogP) is 3.32. The van der Waals surface area contributed by atoms with E-state index in [-0.39, 0.29) is 5.82 Å². The van der Waals surface area contributed by atoms with Gasteiger partial charge in [-0.25, -0.2) is 13.2 Å². The molecule has 0 spiro atoms. The quantitative estimate of drug-likeness (QED) is 0.801. The van der Waals surface area contributed by atoms with E-state index in [1.54, 1.807) is 18.2 Å². The van der Waals surface area contributed by atoms with Crippen LogP contribution in [0.1, 0.15) is 23.7 Å². The summed E-state index contributed by atoms with van der Waals surface area (Å²) in [4.78, 5) is 0. The summed E-state index contributed by atoms with van der Waals surface area (Å²) in [5.74, 6) is -2.21. The van der Waals surface area contributed by atoms with E-state index in [0.717, 1.165) is 12.1 Å². The molecule has 5 heteroatoms. The van der Waals surface area contributed by atoms with Crippen molar-refractivity contribution in [1.29, 1.82) is 0 Å². The van der Waals surface area contributed by atoms with Crippen molar-refractivity contribution >= 4 is 0 Å². The van der Waals surface area contributed by atoms with Crippen molar-refractivity contribution in [1.82, 2.24) is 5.32 Å². The molecule has 0 aliphatic heterocycles. The molecule has 0 heterocycles. The van der Waals surface area contributed by atoms with Gasteiger partial charge in [-0.1, -0.05) is 24.3 Å². The third kappa shape index (κ3) is 4.31. The minimum Gasteiger partial charge on any atom is -0.388 e. The van der Waals surface area contributed by atoms with Crippen LogP contribution in [0.2, 0.25) is 0 Å². The first kappa shape index (κ1) is 15.5. The molecule has 0 radical (unpaired) electrons. The van der Waals surface area contributed by atoms with Gasteiger partial charge in [-0.15, -0.1) is 0 Å². The summed E-state index contributed by atoms with van der Waals surface area (Å²) in [7, 11) is 0. The highest BCUT2D eigenvalue weighted by molar-refractivity contribution is 5.20. The average molecular weight is 295 g/mol. The largest absolute Gasteiger partial charge is 0.388 e. The summed E-state index contributed by atoms with van der Waals surface area (Å²) in [6.07, 6.45) is -0.576. The van der Waals surface area contributed by atoms with E-state index in [0.29, 0.717) is 30.6 Å². The maximum absolute atomic E-state index is 13.4. The Morgan fingerprint density at radius 2 is 1.71 bits per heavy atom. The van der Waals surface area contributed by atoms with Crippen LogP contribution in [-0.2, 0) is 6.54 Å². The van der Waals surface area contributed by atoms with Gasteiger partial charge in [0.25, 0.3) is 0 Å². The Kier molecular flexibility index (Phi) is 5.36. The molecule has 0 saturated carbocycles. The number of benzene rings is 2. The zero-order chi connectivity index (χ0) is 15.2. The van der Waals surface area contributed by atoms with Crippen LogP contribution < -0.4 is 5.32 Å². The zero-order valence-electron chi connectivity index (χ0n) is 11.3. The topological polar surface area (TPSA) is 32.3 Å². The normalized spacial score (nSPS) is 12.4. The lowest BCUT2D eigenvalue weighted by Crippen LogP contribution is -2.18. The third-order valence-corrected chi connectivity index (χ3v) is 3.20. The lowest BCUT2D eigenvalue weighted by molar-refractivity contribution is 0.166. The number of rotatable bonds is 6. The first-order valence-corrected chi connectivity index (χ1v) is 6.65. The number of aliphatic hydroxyl groups is 1. The second kappa shape index (κ2) is 7.24. The molecule has 1 atom stereocenters. The van der Waals surface area contributed by atoms with Crippen LogP contribution in [0.4, 0.5) is 13.2 Å². The summed E-state index contributed by atoms with van der Waals surface area (Å²) in [5, 5.41) is 12.9. The van der Waals surface area contributed by atoms with Crippen LogP contribution in [0.15, 0.2) is 42.5 Å². The standard InChI is InChI=1S/C16H16F3NO/c17-13-4-2-1-3-12(13)10-20-8-7-16(21)11-5-6-14(18)15(19)9-11/h1-6,9,16,20-21H,7-8,10H2. The van der Waals surface area contributed by atoms with Crippen molar-refractivity contribution in [3.63, 3.8) is 0 Å². The fraction of sp³-hybridized carbons (Fsp3) is 0.250. The molecule has 2 aromatic carbocycles. The minimum absolute atomic E-state index is 0.286. The lowest BCUT2D eigenvalue weighted by Gasteiger charge is -2.12. The van der Waals surface area contributed by atoms with Crippen molar-refractivity contribution in [2.45, 2.75) is 19.1 Å². The zero-order valence-corrected chi connectivity index (χ0v) is 11.3. The number of aliphatic hydroxyl groups excluding tert-OH is 1. The highest BCUT2D eigenvalue weighted by atomic mass is 19.2. The summed E-state index contributed by atoms with van der Waals surface area (Å²) < 4.78 is 39.2. The molecule has 0 bridgehead atoms. The van der Waals surface area contributed by atoms with E-state index in [1.165, 1.54) is 12.1 Å². The summed E-state index contributed by atoms with van der Waals surface area (Å²) in [5.41, 5.74) is 0.862. The summed E-state index contributed by atoms with van der Waals surface area (Å²) in [6.45, 7) is 0.770. The molecule has 2 nitrogen and oxygen atoms in total. The van der Waals surface area contributed by atoms with Crippen molar-refractivity contribution in [2.75, 3.05) is 6.54 Å². The molecular formula is C16H16F3NO. The number of hydrogen-bond acceptors (Lipinski definition) is 2. The Morgan fingerprint density at radius 3 is 2.43 bits per heavy atom. The fourth-order valence-electron chi connectivity index (χ4n) is 1.99. The van der Waals surface area contributed by atoms with Crippen LogP contribution in [0.25, 0.3) is 0 Å². The third-order valence-electron chi connectivity index (χ3n) is 3.20. The highest BCUT2D eigenvalue weighted by Crippen LogP contribution is 2.18. The van der Waals surface area contributed by atoms with Crippen molar-refractivity contribution in [3.05, 3.63) is 71.0 Å².